The summed E-state index contributed by atoms with van der Waals surface area (Å²) in [5.41, 5.74) is 0. The molecule has 68 valence electrons. The Morgan fingerprint density at radius 3 is 1.91 bits per heavy atom. The van der Waals surface area contributed by atoms with Gasteiger partial charge in [0.05, 0.1) is 13.2 Å². The molecule has 0 bridgehead atoms. The highest BCUT2D eigenvalue weighted by atomic mass is 16.3. The Kier molecular flexibility index (Phi) is 6.51. The molecule has 0 saturated carbocycles. The molecule has 0 aliphatic carbocycles. The lowest BCUT2D eigenvalue weighted by atomic mass is 10.2. The molecule has 3 nitrogen and oxygen atoms in total. The van der Waals surface area contributed by atoms with Crippen LogP contribution in [0.15, 0.2) is 0 Å². The topological polar surface area (TPSA) is 43.7 Å². The molecule has 0 aliphatic heterocycles. The van der Waals surface area contributed by atoms with E-state index in [2.05, 4.69) is 18.7 Å². The number of aliphatic hydroxyl groups is 2. The highest BCUT2D eigenvalue weighted by Crippen LogP contribution is 2.01. The van der Waals surface area contributed by atoms with Crippen LogP contribution in [-0.2, 0) is 0 Å². The van der Waals surface area contributed by atoms with Crippen LogP contribution in [0.5, 0.6) is 0 Å². The fourth-order valence-corrected chi connectivity index (χ4v) is 1.07. The molecule has 0 radical (unpaired) electrons. The zero-order chi connectivity index (χ0) is 8.69. The van der Waals surface area contributed by atoms with Gasteiger partial charge in [-0.05, 0) is 13.3 Å². The standard InChI is InChI=1S/C8H19NO2/c1-3-8(2)9(4-6-10)5-7-11/h8,10-11H,3-7H2,1-2H3. The van der Waals surface area contributed by atoms with E-state index >= 15 is 0 Å². The van der Waals surface area contributed by atoms with Gasteiger partial charge in [-0.25, -0.2) is 0 Å². The quantitative estimate of drug-likeness (QED) is 0.579. The summed E-state index contributed by atoms with van der Waals surface area (Å²) in [6, 6.07) is 0.453. The van der Waals surface area contributed by atoms with Gasteiger partial charge in [0.1, 0.15) is 0 Å². The fourth-order valence-electron chi connectivity index (χ4n) is 1.07. The number of hydrogen-bond donors (Lipinski definition) is 2. The van der Waals surface area contributed by atoms with Gasteiger partial charge in [0.25, 0.3) is 0 Å². The lowest BCUT2D eigenvalue weighted by Crippen LogP contribution is -2.37. The van der Waals surface area contributed by atoms with E-state index in [4.69, 9.17) is 10.2 Å². The number of nitrogens with zero attached hydrogens (tertiary/aromatic N) is 1. The third kappa shape index (κ3) is 4.35. The van der Waals surface area contributed by atoms with Crippen molar-refractivity contribution in [1.82, 2.24) is 4.90 Å². The summed E-state index contributed by atoms with van der Waals surface area (Å²) >= 11 is 0. The van der Waals surface area contributed by atoms with Gasteiger partial charge < -0.3 is 10.2 Å². The van der Waals surface area contributed by atoms with Crippen molar-refractivity contribution in [3.63, 3.8) is 0 Å². The zero-order valence-corrected chi connectivity index (χ0v) is 7.45. The van der Waals surface area contributed by atoms with Crippen LogP contribution in [0.25, 0.3) is 0 Å². The molecule has 1 unspecified atom stereocenters. The third-order valence-corrected chi connectivity index (χ3v) is 1.99. The molecular formula is C8H19NO2. The summed E-state index contributed by atoms with van der Waals surface area (Å²) in [7, 11) is 0. The van der Waals surface area contributed by atoms with Crippen molar-refractivity contribution in [2.24, 2.45) is 0 Å². The predicted octanol–water partition coefficient (Wildman–Crippen LogP) is 0.0715. The van der Waals surface area contributed by atoms with E-state index in [-0.39, 0.29) is 13.2 Å². The first-order valence-electron chi connectivity index (χ1n) is 4.22. The van der Waals surface area contributed by atoms with Gasteiger partial charge in [0.15, 0.2) is 0 Å². The zero-order valence-electron chi connectivity index (χ0n) is 7.45. The van der Waals surface area contributed by atoms with Crippen LogP contribution in [0, 0.1) is 0 Å². The van der Waals surface area contributed by atoms with Gasteiger partial charge >= 0.3 is 0 Å². The average Bonchev–Trinajstić information content (AvgIpc) is 2.03. The molecule has 2 N–H and O–H groups in total. The monoisotopic (exact) mass is 161 g/mol. The van der Waals surface area contributed by atoms with Gasteiger partial charge in [-0.15, -0.1) is 0 Å². The Labute approximate surface area is 68.6 Å². The first-order valence-corrected chi connectivity index (χ1v) is 4.22. The van der Waals surface area contributed by atoms with Gasteiger partial charge in [-0.3, -0.25) is 4.90 Å². The largest absolute Gasteiger partial charge is 0.395 e. The molecule has 11 heavy (non-hydrogen) atoms. The molecule has 1 atom stereocenters. The first-order chi connectivity index (χ1) is 5.26. The van der Waals surface area contributed by atoms with Gasteiger partial charge in [-0.1, -0.05) is 6.92 Å². The molecule has 0 spiro atoms. The highest BCUT2D eigenvalue weighted by Gasteiger charge is 2.09. The maximum absolute atomic E-state index is 8.68. The third-order valence-electron chi connectivity index (χ3n) is 1.99. The molecular weight excluding hydrogens is 142 g/mol. The van der Waals surface area contributed by atoms with E-state index in [1.165, 1.54) is 0 Å². The maximum Gasteiger partial charge on any atom is 0.0558 e. The summed E-state index contributed by atoms with van der Waals surface area (Å²) in [5.74, 6) is 0. The average molecular weight is 161 g/mol. The van der Waals surface area contributed by atoms with Crippen LogP contribution >= 0.6 is 0 Å². The van der Waals surface area contributed by atoms with Crippen LogP contribution in [-0.4, -0.2) is 47.5 Å². The number of rotatable bonds is 6. The lowest BCUT2D eigenvalue weighted by molar-refractivity contribution is 0.126. The second-order valence-corrected chi connectivity index (χ2v) is 2.74. The van der Waals surface area contributed by atoms with Crippen LogP contribution in [0.4, 0.5) is 0 Å². The number of hydrogen-bond acceptors (Lipinski definition) is 3. The molecule has 0 amide bonds. The van der Waals surface area contributed by atoms with Crippen molar-refractivity contribution in [1.29, 1.82) is 0 Å². The van der Waals surface area contributed by atoms with E-state index in [0.717, 1.165) is 6.42 Å². The molecule has 0 aliphatic rings. The normalized spacial score (nSPS) is 13.9. The summed E-state index contributed by atoms with van der Waals surface area (Å²) in [4.78, 5) is 2.08. The van der Waals surface area contributed by atoms with Crippen molar-refractivity contribution >= 4 is 0 Å². The first kappa shape index (κ1) is 10.9. The second-order valence-electron chi connectivity index (χ2n) is 2.74. The summed E-state index contributed by atoms with van der Waals surface area (Å²) in [6.07, 6.45) is 1.06. The minimum Gasteiger partial charge on any atom is -0.395 e. The smallest absolute Gasteiger partial charge is 0.0558 e. The maximum atomic E-state index is 8.68. The fraction of sp³-hybridized carbons (Fsp3) is 1.00. The van der Waals surface area contributed by atoms with E-state index in [1.807, 2.05) is 0 Å². The Morgan fingerprint density at radius 2 is 1.64 bits per heavy atom. The molecule has 0 aromatic carbocycles. The summed E-state index contributed by atoms with van der Waals surface area (Å²) in [5, 5.41) is 17.4. The lowest BCUT2D eigenvalue weighted by Gasteiger charge is -2.26. The van der Waals surface area contributed by atoms with E-state index in [9.17, 15) is 0 Å². The van der Waals surface area contributed by atoms with Crippen LogP contribution in [0.2, 0.25) is 0 Å². The Balaban J connectivity index is 3.66. The highest BCUT2D eigenvalue weighted by molar-refractivity contribution is 4.64. The minimum atomic E-state index is 0.171. The Bertz CT molecular complexity index is 82.2. The second kappa shape index (κ2) is 6.58. The molecule has 0 rings (SSSR count). The molecule has 0 aromatic rings. The van der Waals surface area contributed by atoms with Crippen molar-refractivity contribution < 1.29 is 10.2 Å². The molecule has 0 fully saturated rings. The SMILES string of the molecule is CCC(C)N(CCO)CCO. The van der Waals surface area contributed by atoms with Gasteiger partial charge in [0.2, 0.25) is 0 Å². The van der Waals surface area contributed by atoms with Crippen molar-refractivity contribution in [2.75, 3.05) is 26.3 Å². The Morgan fingerprint density at radius 1 is 1.18 bits per heavy atom. The Hall–Kier alpha value is -0.120. The van der Waals surface area contributed by atoms with Gasteiger partial charge in [0, 0.05) is 19.1 Å². The molecule has 0 heterocycles. The van der Waals surface area contributed by atoms with Crippen molar-refractivity contribution in [2.45, 2.75) is 26.3 Å². The van der Waals surface area contributed by atoms with Gasteiger partial charge in [-0.2, -0.15) is 0 Å². The molecule has 0 saturated heterocycles. The van der Waals surface area contributed by atoms with Crippen molar-refractivity contribution in [3.8, 4) is 0 Å². The van der Waals surface area contributed by atoms with Crippen LogP contribution in [0.3, 0.4) is 0 Å². The molecule has 0 aromatic heterocycles. The van der Waals surface area contributed by atoms with Crippen LogP contribution < -0.4 is 0 Å². The summed E-state index contributed by atoms with van der Waals surface area (Å²) < 4.78 is 0. The van der Waals surface area contributed by atoms with E-state index in [1.54, 1.807) is 0 Å². The minimum absolute atomic E-state index is 0.171. The van der Waals surface area contributed by atoms with Crippen molar-refractivity contribution in [3.05, 3.63) is 0 Å². The molecule has 3 heteroatoms. The van der Waals surface area contributed by atoms with Crippen LogP contribution in [0.1, 0.15) is 20.3 Å². The predicted molar refractivity (Wildman–Crippen MR) is 45.5 cm³/mol. The van der Waals surface area contributed by atoms with E-state index in [0.29, 0.717) is 19.1 Å². The summed E-state index contributed by atoms with van der Waals surface area (Å²) in [6.45, 7) is 5.87. The number of aliphatic hydroxyl groups excluding tert-OH is 2. The van der Waals surface area contributed by atoms with E-state index < -0.39 is 0 Å².